The summed E-state index contributed by atoms with van der Waals surface area (Å²) in [6, 6.07) is 0. The summed E-state index contributed by atoms with van der Waals surface area (Å²) in [6.07, 6.45) is 3.72. The third-order valence-corrected chi connectivity index (χ3v) is 3.05. The Bertz CT molecular complexity index is 172. The smallest absolute Gasteiger partial charge is 0.0462 e. The van der Waals surface area contributed by atoms with Crippen molar-refractivity contribution in [2.24, 2.45) is 11.8 Å². The molecular weight excluding hydrogens is 230 g/mol. The molecule has 0 heterocycles. The summed E-state index contributed by atoms with van der Waals surface area (Å²) in [5, 5.41) is 12.4. The lowest BCUT2D eigenvalue weighted by atomic mass is 9.97. The summed E-state index contributed by atoms with van der Waals surface area (Å²) in [5.74, 6) is 1.19. The van der Waals surface area contributed by atoms with Gasteiger partial charge in [-0.15, -0.1) is 0 Å². The van der Waals surface area contributed by atoms with Crippen LogP contribution in [0.1, 0.15) is 19.3 Å². The fraction of sp³-hybridized carbons (Fsp3) is 0.800. The van der Waals surface area contributed by atoms with Crippen molar-refractivity contribution in [3.63, 3.8) is 0 Å². The van der Waals surface area contributed by atoms with Crippen LogP contribution in [0.2, 0.25) is 0 Å². The molecule has 3 heteroatoms. The average molecular weight is 248 g/mol. The fourth-order valence-electron chi connectivity index (χ4n) is 2.02. The predicted octanol–water partition coefficient (Wildman–Crippen LogP) is 1.89. The minimum absolute atomic E-state index is 0.349. The highest BCUT2D eigenvalue weighted by Crippen LogP contribution is 2.30. The summed E-state index contributed by atoms with van der Waals surface area (Å²) in [7, 11) is 0. The van der Waals surface area contributed by atoms with Crippen LogP contribution >= 0.6 is 15.9 Å². The molecule has 0 bridgehead atoms. The zero-order chi connectivity index (χ0) is 9.68. The molecule has 0 aromatic rings. The van der Waals surface area contributed by atoms with Gasteiger partial charge in [0.2, 0.25) is 0 Å². The maximum Gasteiger partial charge on any atom is 0.0462 e. The molecule has 2 atom stereocenters. The average Bonchev–Trinajstić information content (AvgIpc) is 2.51. The van der Waals surface area contributed by atoms with Crippen LogP contribution in [-0.2, 0) is 0 Å². The first kappa shape index (κ1) is 11.2. The molecule has 13 heavy (non-hydrogen) atoms. The lowest BCUT2D eigenvalue weighted by molar-refractivity contribution is 0.193. The van der Waals surface area contributed by atoms with Crippen LogP contribution in [0.25, 0.3) is 0 Å². The number of aliphatic hydroxyl groups excluding tert-OH is 1. The van der Waals surface area contributed by atoms with Gasteiger partial charge >= 0.3 is 0 Å². The Morgan fingerprint density at radius 3 is 2.77 bits per heavy atom. The zero-order valence-corrected chi connectivity index (χ0v) is 9.52. The molecule has 0 radical (unpaired) electrons. The SMILES string of the molecule is C=C(Br)CNCC1CCCC1CO. The highest BCUT2D eigenvalue weighted by atomic mass is 79.9. The van der Waals surface area contributed by atoms with Crippen molar-refractivity contribution in [1.29, 1.82) is 0 Å². The van der Waals surface area contributed by atoms with Gasteiger partial charge in [0.25, 0.3) is 0 Å². The van der Waals surface area contributed by atoms with Crippen LogP contribution in [0.15, 0.2) is 11.1 Å². The molecule has 1 aliphatic rings. The first-order valence-corrected chi connectivity index (χ1v) is 5.68. The van der Waals surface area contributed by atoms with Crippen LogP contribution < -0.4 is 5.32 Å². The van der Waals surface area contributed by atoms with Gasteiger partial charge in [0.1, 0.15) is 0 Å². The van der Waals surface area contributed by atoms with Gasteiger partial charge in [-0.1, -0.05) is 28.9 Å². The van der Waals surface area contributed by atoms with Crippen molar-refractivity contribution in [3.05, 3.63) is 11.1 Å². The van der Waals surface area contributed by atoms with Crippen LogP contribution in [0.4, 0.5) is 0 Å². The van der Waals surface area contributed by atoms with Gasteiger partial charge in [-0.25, -0.2) is 0 Å². The van der Waals surface area contributed by atoms with Gasteiger partial charge in [-0.2, -0.15) is 0 Å². The molecule has 0 aliphatic heterocycles. The summed E-state index contributed by atoms with van der Waals surface area (Å²) in [5.41, 5.74) is 0. The Hall–Kier alpha value is 0.140. The molecule has 1 aliphatic carbocycles. The van der Waals surface area contributed by atoms with Crippen molar-refractivity contribution in [2.75, 3.05) is 19.7 Å². The minimum atomic E-state index is 0.349. The van der Waals surface area contributed by atoms with Crippen LogP contribution in [0.5, 0.6) is 0 Å². The number of aliphatic hydroxyl groups is 1. The van der Waals surface area contributed by atoms with Gasteiger partial charge in [0, 0.05) is 17.6 Å². The Morgan fingerprint density at radius 2 is 2.15 bits per heavy atom. The normalized spacial score (nSPS) is 27.8. The predicted molar refractivity (Wildman–Crippen MR) is 58.9 cm³/mol. The fourth-order valence-corrected chi connectivity index (χ4v) is 2.21. The highest BCUT2D eigenvalue weighted by molar-refractivity contribution is 9.11. The first-order chi connectivity index (χ1) is 6.24. The molecule has 0 spiro atoms. The first-order valence-electron chi connectivity index (χ1n) is 4.89. The summed E-state index contributed by atoms with van der Waals surface area (Å²) in [6.45, 7) is 5.95. The molecule has 0 aromatic heterocycles. The molecular formula is C10H18BrNO. The summed E-state index contributed by atoms with van der Waals surface area (Å²) < 4.78 is 0.992. The van der Waals surface area contributed by atoms with Gasteiger partial charge in [-0.3, -0.25) is 0 Å². The summed E-state index contributed by atoms with van der Waals surface area (Å²) >= 11 is 3.31. The second kappa shape index (κ2) is 5.78. The number of nitrogens with one attached hydrogen (secondary N) is 1. The van der Waals surface area contributed by atoms with Gasteiger partial charge in [0.05, 0.1) is 0 Å². The van der Waals surface area contributed by atoms with E-state index < -0.39 is 0 Å². The van der Waals surface area contributed by atoms with E-state index in [4.69, 9.17) is 5.11 Å². The van der Waals surface area contributed by atoms with E-state index in [0.29, 0.717) is 18.4 Å². The Labute approximate surface area is 88.5 Å². The second-order valence-corrected chi connectivity index (χ2v) is 4.90. The molecule has 0 aromatic carbocycles. The topological polar surface area (TPSA) is 32.3 Å². The zero-order valence-electron chi connectivity index (χ0n) is 7.93. The number of rotatable bonds is 5. The van der Waals surface area contributed by atoms with Crippen molar-refractivity contribution in [3.8, 4) is 0 Å². The molecule has 1 rings (SSSR count). The van der Waals surface area contributed by atoms with E-state index in [1.807, 2.05) is 0 Å². The second-order valence-electron chi connectivity index (χ2n) is 3.78. The molecule has 1 saturated carbocycles. The van der Waals surface area contributed by atoms with Crippen molar-refractivity contribution >= 4 is 15.9 Å². The molecule has 2 nitrogen and oxygen atoms in total. The van der Waals surface area contributed by atoms with Crippen molar-refractivity contribution in [2.45, 2.75) is 19.3 Å². The van der Waals surface area contributed by atoms with Gasteiger partial charge < -0.3 is 10.4 Å². The standard InChI is InChI=1S/C10H18BrNO/c1-8(11)5-12-6-9-3-2-4-10(9)7-13/h9-10,12-13H,1-7H2. The number of hydrogen-bond donors (Lipinski definition) is 2. The maximum atomic E-state index is 9.09. The Kier molecular flexibility index (Phi) is 4.99. The minimum Gasteiger partial charge on any atom is -0.396 e. The van der Waals surface area contributed by atoms with E-state index in [1.165, 1.54) is 19.3 Å². The number of halogens is 1. The van der Waals surface area contributed by atoms with Gasteiger partial charge in [0.15, 0.2) is 0 Å². The van der Waals surface area contributed by atoms with Gasteiger partial charge in [-0.05, 0) is 31.2 Å². The van der Waals surface area contributed by atoms with Crippen LogP contribution in [-0.4, -0.2) is 24.8 Å². The molecule has 1 fully saturated rings. The Morgan fingerprint density at radius 1 is 1.46 bits per heavy atom. The third-order valence-electron chi connectivity index (χ3n) is 2.77. The molecule has 2 unspecified atom stereocenters. The lowest BCUT2D eigenvalue weighted by Gasteiger charge is -2.17. The molecule has 0 amide bonds. The quantitative estimate of drug-likeness (QED) is 0.778. The van der Waals surface area contributed by atoms with E-state index in [9.17, 15) is 0 Å². The summed E-state index contributed by atoms with van der Waals surface area (Å²) in [4.78, 5) is 0. The van der Waals surface area contributed by atoms with Crippen LogP contribution in [0, 0.1) is 11.8 Å². The van der Waals surface area contributed by atoms with E-state index in [1.54, 1.807) is 0 Å². The van der Waals surface area contributed by atoms with E-state index in [2.05, 4.69) is 27.8 Å². The molecule has 2 N–H and O–H groups in total. The lowest BCUT2D eigenvalue weighted by Crippen LogP contribution is -2.27. The molecule has 0 saturated heterocycles. The molecule has 76 valence electrons. The maximum absolute atomic E-state index is 9.09. The Balaban J connectivity index is 2.16. The largest absolute Gasteiger partial charge is 0.396 e. The van der Waals surface area contributed by atoms with Crippen molar-refractivity contribution < 1.29 is 5.11 Å². The van der Waals surface area contributed by atoms with Crippen molar-refractivity contribution in [1.82, 2.24) is 5.32 Å². The monoisotopic (exact) mass is 247 g/mol. The van der Waals surface area contributed by atoms with E-state index >= 15 is 0 Å². The highest BCUT2D eigenvalue weighted by Gasteiger charge is 2.25. The van der Waals surface area contributed by atoms with Crippen LogP contribution in [0.3, 0.4) is 0 Å². The number of hydrogen-bond acceptors (Lipinski definition) is 2. The van der Waals surface area contributed by atoms with E-state index in [0.717, 1.165) is 17.6 Å². The van der Waals surface area contributed by atoms with E-state index in [-0.39, 0.29) is 0 Å². The third kappa shape index (κ3) is 3.79.